The van der Waals surface area contributed by atoms with Crippen molar-refractivity contribution in [1.82, 2.24) is 0 Å². The Morgan fingerprint density at radius 3 is 2.76 bits per heavy atom. The van der Waals surface area contributed by atoms with Crippen LogP contribution in [0.15, 0.2) is 18.2 Å². The molecule has 1 aliphatic carbocycles. The molecule has 1 aromatic rings. The number of hydrogen-bond donors (Lipinski definition) is 1. The van der Waals surface area contributed by atoms with Gasteiger partial charge >= 0.3 is 0 Å². The number of ether oxygens (including phenoxy) is 1. The molecule has 1 N–H and O–H groups in total. The van der Waals surface area contributed by atoms with Gasteiger partial charge in [0.1, 0.15) is 5.75 Å². The molecular weight excluding hydrogens is 212 g/mol. The molecule has 2 rings (SSSR count). The number of aliphatic hydroxyl groups excluding tert-OH is 1. The minimum Gasteiger partial charge on any atom is -0.497 e. The number of methoxy groups -OCH3 is 1. The van der Waals surface area contributed by atoms with Crippen LogP contribution in [0.4, 0.5) is 0 Å². The SMILES string of the molecule is COc1ccc2c(c1)C(O)CC(C(C)C)CC2. The molecule has 2 unspecified atom stereocenters. The monoisotopic (exact) mass is 234 g/mol. The Labute approximate surface area is 104 Å². The molecule has 1 aromatic carbocycles. The number of hydrogen-bond acceptors (Lipinski definition) is 2. The van der Waals surface area contributed by atoms with Gasteiger partial charge in [0.15, 0.2) is 0 Å². The Balaban J connectivity index is 2.28. The first kappa shape index (κ1) is 12.4. The van der Waals surface area contributed by atoms with E-state index in [-0.39, 0.29) is 6.10 Å². The maximum absolute atomic E-state index is 10.3. The summed E-state index contributed by atoms with van der Waals surface area (Å²) in [6.07, 6.45) is 2.78. The van der Waals surface area contributed by atoms with Gasteiger partial charge in [-0.25, -0.2) is 0 Å². The van der Waals surface area contributed by atoms with Gasteiger partial charge in [0, 0.05) is 0 Å². The van der Waals surface area contributed by atoms with Crippen molar-refractivity contribution in [3.8, 4) is 5.75 Å². The van der Waals surface area contributed by atoms with Crippen LogP contribution in [-0.2, 0) is 6.42 Å². The fourth-order valence-corrected chi connectivity index (χ4v) is 2.72. The Morgan fingerprint density at radius 1 is 1.35 bits per heavy atom. The zero-order valence-corrected chi connectivity index (χ0v) is 10.9. The number of benzene rings is 1. The zero-order valence-electron chi connectivity index (χ0n) is 10.9. The maximum Gasteiger partial charge on any atom is 0.119 e. The Kier molecular flexibility index (Phi) is 3.72. The van der Waals surface area contributed by atoms with E-state index in [4.69, 9.17) is 4.74 Å². The van der Waals surface area contributed by atoms with E-state index in [1.165, 1.54) is 12.0 Å². The number of rotatable bonds is 2. The lowest BCUT2D eigenvalue weighted by atomic mass is 9.88. The second-order valence-electron chi connectivity index (χ2n) is 5.36. The van der Waals surface area contributed by atoms with Crippen molar-refractivity contribution < 1.29 is 9.84 Å². The van der Waals surface area contributed by atoms with Crippen molar-refractivity contribution >= 4 is 0 Å². The molecule has 17 heavy (non-hydrogen) atoms. The molecule has 0 radical (unpaired) electrons. The second-order valence-corrected chi connectivity index (χ2v) is 5.36. The molecule has 0 aliphatic heterocycles. The van der Waals surface area contributed by atoms with Crippen LogP contribution in [0.25, 0.3) is 0 Å². The maximum atomic E-state index is 10.3. The van der Waals surface area contributed by atoms with Crippen LogP contribution in [0.1, 0.15) is 43.9 Å². The van der Waals surface area contributed by atoms with Gasteiger partial charge in [0.2, 0.25) is 0 Å². The highest BCUT2D eigenvalue weighted by molar-refractivity contribution is 5.38. The lowest BCUT2D eigenvalue weighted by Gasteiger charge is -2.20. The van der Waals surface area contributed by atoms with Crippen molar-refractivity contribution in [3.05, 3.63) is 29.3 Å². The molecular formula is C15H22O2. The van der Waals surface area contributed by atoms with Gasteiger partial charge in [-0.05, 0) is 54.4 Å². The lowest BCUT2D eigenvalue weighted by molar-refractivity contribution is 0.132. The summed E-state index contributed by atoms with van der Waals surface area (Å²) in [5.41, 5.74) is 2.34. The van der Waals surface area contributed by atoms with E-state index in [0.29, 0.717) is 11.8 Å². The first-order chi connectivity index (χ1) is 8.11. The largest absolute Gasteiger partial charge is 0.497 e. The van der Waals surface area contributed by atoms with Gasteiger partial charge in [-0.1, -0.05) is 19.9 Å². The molecule has 0 aromatic heterocycles. The Morgan fingerprint density at radius 2 is 2.12 bits per heavy atom. The highest BCUT2D eigenvalue weighted by atomic mass is 16.5. The van der Waals surface area contributed by atoms with Crippen LogP contribution in [0, 0.1) is 11.8 Å². The first-order valence-electron chi connectivity index (χ1n) is 6.46. The number of aliphatic hydroxyl groups is 1. The zero-order chi connectivity index (χ0) is 12.4. The third kappa shape index (κ3) is 2.63. The molecule has 0 saturated carbocycles. The van der Waals surface area contributed by atoms with Gasteiger partial charge in [-0.2, -0.15) is 0 Å². The summed E-state index contributed by atoms with van der Waals surface area (Å²) in [4.78, 5) is 0. The van der Waals surface area contributed by atoms with Crippen LogP contribution < -0.4 is 4.74 Å². The molecule has 94 valence electrons. The summed E-state index contributed by atoms with van der Waals surface area (Å²) in [5.74, 6) is 2.09. The van der Waals surface area contributed by atoms with Crippen LogP contribution in [0.2, 0.25) is 0 Å². The van der Waals surface area contributed by atoms with E-state index in [0.717, 1.165) is 24.2 Å². The quantitative estimate of drug-likeness (QED) is 0.795. The summed E-state index contributed by atoms with van der Waals surface area (Å²) < 4.78 is 5.23. The van der Waals surface area contributed by atoms with E-state index in [1.54, 1.807) is 7.11 Å². The minimum atomic E-state index is -0.338. The fraction of sp³-hybridized carbons (Fsp3) is 0.600. The first-order valence-corrected chi connectivity index (χ1v) is 6.46. The van der Waals surface area contributed by atoms with E-state index < -0.39 is 0 Å². The van der Waals surface area contributed by atoms with Crippen molar-refractivity contribution in [1.29, 1.82) is 0 Å². The normalized spacial score (nSPS) is 24.3. The topological polar surface area (TPSA) is 29.5 Å². The smallest absolute Gasteiger partial charge is 0.119 e. The van der Waals surface area contributed by atoms with Crippen LogP contribution in [0.5, 0.6) is 5.75 Å². The van der Waals surface area contributed by atoms with Crippen molar-refractivity contribution in [2.75, 3.05) is 7.11 Å². The van der Waals surface area contributed by atoms with Crippen molar-refractivity contribution in [2.45, 2.75) is 39.2 Å². The van der Waals surface area contributed by atoms with Gasteiger partial charge in [-0.3, -0.25) is 0 Å². The number of aryl methyl sites for hydroxylation is 1. The van der Waals surface area contributed by atoms with Gasteiger partial charge < -0.3 is 9.84 Å². The summed E-state index contributed by atoms with van der Waals surface area (Å²) in [5, 5.41) is 10.3. The lowest BCUT2D eigenvalue weighted by Crippen LogP contribution is -2.11. The summed E-state index contributed by atoms with van der Waals surface area (Å²) in [6, 6.07) is 6.07. The minimum absolute atomic E-state index is 0.338. The summed E-state index contributed by atoms with van der Waals surface area (Å²) in [6.45, 7) is 4.49. The predicted molar refractivity (Wildman–Crippen MR) is 69.2 cm³/mol. The van der Waals surface area contributed by atoms with E-state index in [9.17, 15) is 5.11 Å². The van der Waals surface area contributed by atoms with Gasteiger partial charge in [-0.15, -0.1) is 0 Å². The molecule has 1 aliphatic rings. The summed E-state index contributed by atoms with van der Waals surface area (Å²) in [7, 11) is 1.67. The van der Waals surface area contributed by atoms with E-state index in [2.05, 4.69) is 19.9 Å². The van der Waals surface area contributed by atoms with Crippen LogP contribution in [-0.4, -0.2) is 12.2 Å². The third-order valence-electron chi connectivity index (χ3n) is 3.97. The molecule has 0 saturated heterocycles. The molecule has 2 atom stereocenters. The molecule has 0 fully saturated rings. The summed E-state index contributed by atoms with van der Waals surface area (Å²) >= 11 is 0. The molecule has 0 bridgehead atoms. The standard InChI is InChI=1S/C15H22O2/c1-10(2)12-5-4-11-6-7-13(17-3)9-14(11)15(16)8-12/h6-7,9-10,12,15-16H,4-5,8H2,1-3H3. The van der Waals surface area contributed by atoms with E-state index in [1.807, 2.05) is 12.1 Å². The molecule has 0 heterocycles. The Bertz CT molecular complexity index is 385. The number of fused-ring (bicyclic) bond motifs is 1. The average Bonchev–Trinajstić information content (AvgIpc) is 2.49. The molecule has 0 amide bonds. The fourth-order valence-electron chi connectivity index (χ4n) is 2.72. The second kappa shape index (κ2) is 5.09. The third-order valence-corrected chi connectivity index (χ3v) is 3.97. The molecule has 0 spiro atoms. The van der Waals surface area contributed by atoms with E-state index >= 15 is 0 Å². The molecule has 2 heteroatoms. The highest BCUT2D eigenvalue weighted by Crippen LogP contribution is 2.36. The van der Waals surface area contributed by atoms with Gasteiger partial charge in [0.05, 0.1) is 13.2 Å². The highest BCUT2D eigenvalue weighted by Gasteiger charge is 2.25. The average molecular weight is 234 g/mol. The van der Waals surface area contributed by atoms with Gasteiger partial charge in [0.25, 0.3) is 0 Å². The van der Waals surface area contributed by atoms with Crippen molar-refractivity contribution in [2.24, 2.45) is 11.8 Å². The van der Waals surface area contributed by atoms with Crippen molar-refractivity contribution in [3.63, 3.8) is 0 Å². The van der Waals surface area contributed by atoms with Crippen LogP contribution in [0.3, 0.4) is 0 Å². The Hall–Kier alpha value is -1.02. The molecule has 2 nitrogen and oxygen atoms in total. The predicted octanol–water partition coefficient (Wildman–Crippen LogP) is 3.34. The van der Waals surface area contributed by atoms with Crippen LogP contribution >= 0.6 is 0 Å².